The molecule has 1 fully saturated rings. The van der Waals surface area contributed by atoms with Crippen LogP contribution in [0.4, 0.5) is 0 Å². The molecule has 5 heteroatoms. The van der Waals surface area contributed by atoms with Gasteiger partial charge in [-0.2, -0.15) is 0 Å². The minimum absolute atomic E-state index is 0.0143. The van der Waals surface area contributed by atoms with Crippen LogP contribution in [0.15, 0.2) is 18.2 Å². The summed E-state index contributed by atoms with van der Waals surface area (Å²) in [6.07, 6.45) is 5.63. The maximum atomic E-state index is 12.4. The number of ether oxygens (including phenoxy) is 3. The van der Waals surface area contributed by atoms with Crippen LogP contribution in [0.25, 0.3) is 0 Å². The lowest BCUT2D eigenvalue weighted by Gasteiger charge is -2.20. The van der Waals surface area contributed by atoms with Crippen molar-refractivity contribution in [2.45, 2.75) is 18.9 Å². The lowest BCUT2D eigenvalue weighted by molar-refractivity contribution is -0.148. The molecule has 0 spiro atoms. The second-order valence-corrected chi connectivity index (χ2v) is 5.55. The Bertz CT molecular complexity index is 622. The normalized spacial score (nSPS) is 26.7. The third-order valence-corrected chi connectivity index (χ3v) is 4.29. The van der Waals surface area contributed by atoms with E-state index in [1.165, 1.54) is 0 Å². The number of benzene rings is 1. The van der Waals surface area contributed by atoms with Crippen molar-refractivity contribution in [2.75, 3.05) is 27.0 Å². The molecular formula is C17H19NO4. The summed E-state index contributed by atoms with van der Waals surface area (Å²) in [7, 11) is 1.93. The summed E-state index contributed by atoms with van der Waals surface area (Å²) in [5.41, 5.74) is 1.02. The fourth-order valence-corrected chi connectivity index (χ4v) is 3.25. The highest BCUT2D eigenvalue weighted by molar-refractivity contribution is 5.76. The number of rotatable bonds is 3. The van der Waals surface area contributed by atoms with Gasteiger partial charge in [0, 0.05) is 12.5 Å². The number of likely N-dealkylation sites (tertiary alicyclic amines) is 1. The monoisotopic (exact) mass is 301 g/mol. The van der Waals surface area contributed by atoms with Gasteiger partial charge in [-0.25, -0.2) is 0 Å². The van der Waals surface area contributed by atoms with E-state index in [2.05, 4.69) is 5.92 Å². The van der Waals surface area contributed by atoms with Gasteiger partial charge in [-0.1, -0.05) is 12.0 Å². The Labute approximate surface area is 130 Å². The molecule has 0 bridgehead atoms. The summed E-state index contributed by atoms with van der Waals surface area (Å²) < 4.78 is 16.0. The Morgan fingerprint density at radius 1 is 1.45 bits per heavy atom. The van der Waals surface area contributed by atoms with Gasteiger partial charge in [0.05, 0.1) is 18.6 Å². The fraction of sp³-hybridized carbons (Fsp3) is 0.471. The molecule has 5 nitrogen and oxygen atoms in total. The number of carbonyl (C=O) groups is 1. The number of nitrogens with zero attached hydrogens (tertiary/aromatic N) is 1. The van der Waals surface area contributed by atoms with E-state index in [1.54, 1.807) is 6.92 Å². The van der Waals surface area contributed by atoms with Crippen molar-refractivity contribution in [2.24, 2.45) is 5.92 Å². The molecule has 22 heavy (non-hydrogen) atoms. The van der Waals surface area contributed by atoms with Gasteiger partial charge in [-0.3, -0.25) is 9.69 Å². The van der Waals surface area contributed by atoms with Crippen LogP contribution >= 0.6 is 0 Å². The maximum absolute atomic E-state index is 12.4. The topological polar surface area (TPSA) is 48.0 Å². The molecule has 0 amide bonds. The predicted molar refractivity (Wildman–Crippen MR) is 80.7 cm³/mol. The predicted octanol–water partition coefficient (Wildman–Crippen LogP) is 1.63. The van der Waals surface area contributed by atoms with Gasteiger partial charge in [-0.15, -0.1) is 6.42 Å². The van der Waals surface area contributed by atoms with E-state index in [-0.39, 0.29) is 30.6 Å². The van der Waals surface area contributed by atoms with E-state index in [0.717, 1.165) is 11.3 Å². The zero-order chi connectivity index (χ0) is 15.7. The Morgan fingerprint density at radius 3 is 2.95 bits per heavy atom. The van der Waals surface area contributed by atoms with E-state index >= 15 is 0 Å². The molecule has 3 atom stereocenters. The van der Waals surface area contributed by atoms with E-state index in [9.17, 15) is 4.79 Å². The Balaban J connectivity index is 1.93. The Morgan fingerprint density at radius 2 is 2.23 bits per heavy atom. The molecule has 2 heterocycles. The quantitative estimate of drug-likeness (QED) is 0.627. The summed E-state index contributed by atoms with van der Waals surface area (Å²) in [6, 6.07) is 5.53. The average Bonchev–Trinajstić information content (AvgIpc) is 3.10. The van der Waals surface area contributed by atoms with Crippen LogP contribution in [0.3, 0.4) is 0 Å². The standard InChI is InChI=1S/C17H19NO4/c1-4-13-16(17(19)20-5-2)12(9-18(13)3)11-6-7-14-15(8-11)22-10-21-14/h1,6-8,12-13,16H,5,9-10H2,2-3H3. The van der Waals surface area contributed by atoms with E-state index in [0.29, 0.717) is 18.9 Å². The van der Waals surface area contributed by atoms with Crippen molar-refractivity contribution in [1.29, 1.82) is 0 Å². The van der Waals surface area contributed by atoms with Gasteiger partial charge in [0.1, 0.15) is 0 Å². The number of hydrogen-bond acceptors (Lipinski definition) is 5. The summed E-state index contributed by atoms with van der Waals surface area (Å²) in [4.78, 5) is 14.4. The van der Waals surface area contributed by atoms with Crippen molar-refractivity contribution in [3.63, 3.8) is 0 Å². The molecule has 0 radical (unpaired) electrons. The molecule has 2 aliphatic heterocycles. The largest absolute Gasteiger partial charge is 0.466 e. The minimum atomic E-state index is -0.365. The van der Waals surface area contributed by atoms with Crippen LogP contribution < -0.4 is 9.47 Å². The summed E-state index contributed by atoms with van der Waals surface area (Å²) >= 11 is 0. The molecule has 0 aromatic heterocycles. The summed E-state index contributed by atoms with van der Waals surface area (Å²) in [5.74, 6) is 3.55. The smallest absolute Gasteiger partial charge is 0.312 e. The lowest BCUT2D eigenvalue weighted by atomic mass is 9.85. The maximum Gasteiger partial charge on any atom is 0.312 e. The fourth-order valence-electron chi connectivity index (χ4n) is 3.25. The number of carbonyl (C=O) groups excluding carboxylic acids is 1. The van der Waals surface area contributed by atoms with Crippen LogP contribution in [-0.2, 0) is 9.53 Å². The highest BCUT2D eigenvalue weighted by Crippen LogP contribution is 2.41. The van der Waals surface area contributed by atoms with Gasteiger partial charge in [0.25, 0.3) is 0 Å². The highest BCUT2D eigenvalue weighted by atomic mass is 16.7. The average molecular weight is 301 g/mol. The number of esters is 1. The van der Waals surface area contributed by atoms with Gasteiger partial charge >= 0.3 is 5.97 Å². The molecule has 2 aliphatic rings. The zero-order valence-corrected chi connectivity index (χ0v) is 12.7. The minimum Gasteiger partial charge on any atom is -0.466 e. The molecular weight excluding hydrogens is 282 g/mol. The van der Waals surface area contributed by atoms with Crippen molar-refractivity contribution >= 4 is 5.97 Å². The molecule has 0 saturated carbocycles. The zero-order valence-electron chi connectivity index (χ0n) is 12.7. The summed E-state index contributed by atoms with van der Waals surface area (Å²) in [5, 5.41) is 0. The first kappa shape index (κ1) is 14.7. The Kier molecular flexibility index (Phi) is 3.95. The van der Waals surface area contributed by atoms with Crippen LogP contribution in [0.2, 0.25) is 0 Å². The van der Waals surface area contributed by atoms with Crippen molar-refractivity contribution in [3.05, 3.63) is 23.8 Å². The van der Waals surface area contributed by atoms with E-state index in [1.807, 2.05) is 30.1 Å². The first-order valence-corrected chi connectivity index (χ1v) is 7.38. The van der Waals surface area contributed by atoms with Crippen LogP contribution in [0.1, 0.15) is 18.4 Å². The Hall–Kier alpha value is -2.19. The first-order valence-electron chi connectivity index (χ1n) is 7.38. The highest BCUT2D eigenvalue weighted by Gasteiger charge is 2.45. The number of hydrogen-bond donors (Lipinski definition) is 0. The lowest BCUT2D eigenvalue weighted by Crippen LogP contribution is -2.33. The molecule has 3 unspecified atom stereocenters. The summed E-state index contributed by atoms with van der Waals surface area (Å²) in [6.45, 7) is 3.09. The molecule has 116 valence electrons. The molecule has 0 aliphatic carbocycles. The van der Waals surface area contributed by atoms with Crippen LogP contribution in [0.5, 0.6) is 11.5 Å². The van der Waals surface area contributed by atoms with Crippen molar-refractivity contribution in [1.82, 2.24) is 4.90 Å². The van der Waals surface area contributed by atoms with Gasteiger partial charge in [-0.05, 0) is 31.7 Å². The van der Waals surface area contributed by atoms with Crippen LogP contribution in [-0.4, -0.2) is 43.9 Å². The van der Waals surface area contributed by atoms with Gasteiger partial charge in [0.15, 0.2) is 11.5 Å². The second-order valence-electron chi connectivity index (χ2n) is 5.55. The molecule has 3 rings (SSSR count). The SMILES string of the molecule is C#CC1C(C(=O)OCC)C(c2ccc3c(c2)OCO3)CN1C. The molecule has 1 saturated heterocycles. The molecule has 1 aromatic carbocycles. The third-order valence-electron chi connectivity index (χ3n) is 4.29. The molecule has 0 N–H and O–H groups in total. The van der Waals surface area contributed by atoms with Gasteiger partial charge < -0.3 is 14.2 Å². The van der Waals surface area contributed by atoms with Gasteiger partial charge in [0.2, 0.25) is 6.79 Å². The van der Waals surface area contributed by atoms with E-state index in [4.69, 9.17) is 20.6 Å². The van der Waals surface area contributed by atoms with Crippen molar-refractivity contribution in [3.8, 4) is 23.8 Å². The third kappa shape index (κ3) is 2.40. The van der Waals surface area contributed by atoms with Crippen LogP contribution in [0, 0.1) is 18.3 Å². The number of terminal acetylenes is 1. The van der Waals surface area contributed by atoms with E-state index < -0.39 is 0 Å². The number of likely N-dealkylation sites (N-methyl/N-ethyl adjacent to an activating group) is 1. The first-order chi connectivity index (χ1) is 10.7. The molecule has 1 aromatic rings. The van der Waals surface area contributed by atoms with Crippen molar-refractivity contribution < 1.29 is 19.0 Å². The second kappa shape index (κ2) is 5.90. The number of fused-ring (bicyclic) bond motifs is 1.